The molecule has 2 fully saturated rings. The molecule has 5 heteroatoms. The molecule has 0 unspecified atom stereocenters. The van der Waals surface area contributed by atoms with Crippen molar-refractivity contribution in [2.45, 2.75) is 38.3 Å². The van der Waals surface area contributed by atoms with Crippen LogP contribution < -0.4 is 5.73 Å². The van der Waals surface area contributed by atoms with Crippen LogP contribution >= 0.6 is 0 Å². The van der Waals surface area contributed by atoms with Gasteiger partial charge in [-0.15, -0.1) is 0 Å². The van der Waals surface area contributed by atoms with Gasteiger partial charge in [0.25, 0.3) is 0 Å². The summed E-state index contributed by atoms with van der Waals surface area (Å²) in [4.78, 5) is 0. The summed E-state index contributed by atoms with van der Waals surface area (Å²) in [5.74, 6) is 0.801. The summed E-state index contributed by atoms with van der Waals surface area (Å²) < 4.78 is 36.3. The molecule has 0 spiro atoms. The molecule has 0 bridgehead atoms. The molecule has 0 atom stereocenters. The fraction of sp³-hybridized carbons (Fsp3) is 1.00. The fourth-order valence-corrected chi connectivity index (χ4v) is 5.01. The third kappa shape index (κ3) is 2.12. The molecule has 1 aliphatic heterocycles. The summed E-state index contributed by atoms with van der Waals surface area (Å²) in [6, 6.07) is 0. The fourth-order valence-electron chi connectivity index (χ4n) is 3.52. The summed E-state index contributed by atoms with van der Waals surface area (Å²) in [5.41, 5.74) is 4.56. The minimum Gasteiger partial charge on any atom is -0.330 e. The van der Waals surface area contributed by atoms with Gasteiger partial charge in [-0.05, 0) is 50.5 Å². The van der Waals surface area contributed by atoms with E-state index in [0.29, 0.717) is 38.1 Å². The van der Waals surface area contributed by atoms with E-state index in [0.717, 1.165) is 0 Å². The van der Waals surface area contributed by atoms with E-state index in [1.165, 1.54) is 0 Å². The van der Waals surface area contributed by atoms with Crippen LogP contribution in [0.25, 0.3) is 0 Å². The van der Waals surface area contributed by atoms with Crippen molar-refractivity contribution < 1.29 is 12.8 Å². The van der Waals surface area contributed by atoms with Gasteiger partial charge in [0, 0.05) is 0 Å². The lowest BCUT2D eigenvalue weighted by Gasteiger charge is -2.55. The van der Waals surface area contributed by atoms with Crippen molar-refractivity contribution in [3.05, 3.63) is 0 Å². The Kier molecular flexibility index (Phi) is 2.82. The van der Waals surface area contributed by atoms with Crippen LogP contribution in [0.4, 0.5) is 4.39 Å². The van der Waals surface area contributed by atoms with Gasteiger partial charge in [0.2, 0.25) is 0 Å². The molecular formula is C11H20FNO2S. The second-order valence-corrected chi connectivity index (χ2v) is 8.06. The minimum atomic E-state index is -2.83. The second-order valence-electron chi connectivity index (χ2n) is 5.76. The van der Waals surface area contributed by atoms with Gasteiger partial charge in [0.15, 0.2) is 0 Å². The van der Waals surface area contributed by atoms with Crippen LogP contribution in [0.2, 0.25) is 0 Å². The molecule has 2 aliphatic rings. The highest BCUT2D eigenvalue weighted by Gasteiger charge is 2.55. The smallest absolute Gasteiger partial charge is 0.150 e. The average molecular weight is 249 g/mol. The van der Waals surface area contributed by atoms with E-state index in [1.54, 1.807) is 6.92 Å². The Bertz CT molecular complexity index is 355. The molecule has 1 saturated heterocycles. The molecule has 0 aromatic heterocycles. The number of hydrogen-bond donors (Lipinski definition) is 1. The highest BCUT2D eigenvalue weighted by Crippen LogP contribution is 2.56. The Morgan fingerprint density at radius 2 is 1.81 bits per heavy atom. The van der Waals surface area contributed by atoms with Gasteiger partial charge in [-0.3, -0.25) is 0 Å². The summed E-state index contributed by atoms with van der Waals surface area (Å²) >= 11 is 0. The number of halogens is 1. The molecule has 1 heterocycles. The maximum absolute atomic E-state index is 13.6. The Balaban J connectivity index is 2.03. The summed E-state index contributed by atoms with van der Waals surface area (Å²) in [6.45, 7) is 2.09. The van der Waals surface area contributed by atoms with Gasteiger partial charge in [-0.25, -0.2) is 12.8 Å². The quantitative estimate of drug-likeness (QED) is 0.802. The van der Waals surface area contributed by atoms with Crippen LogP contribution in [0.15, 0.2) is 0 Å². The van der Waals surface area contributed by atoms with Crippen LogP contribution in [0.1, 0.15) is 32.6 Å². The van der Waals surface area contributed by atoms with E-state index in [1.807, 2.05) is 0 Å². The Morgan fingerprint density at radius 1 is 1.31 bits per heavy atom. The third-order valence-electron chi connectivity index (χ3n) is 4.27. The summed E-state index contributed by atoms with van der Waals surface area (Å²) in [7, 11) is -2.83. The van der Waals surface area contributed by atoms with Crippen molar-refractivity contribution in [3.8, 4) is 0 Å². The molecule has 94 valence electrons. The molecule has 2 rings (SSSR count). The van der Waals surface area contributed by atoms with Crippen molar-refractivity contribution in [3.63, 3.8) is 0 Å². The van der Waals surface area contributed by atoms with E-state index >= 15 is 0 Å². The zero-order valence-electron chi connectivity index (χ0n) is 9.71. The second kappa shape index (κ2) is 3.67. The zero-order chi connectivity index (χ0) is 12.0. The van der Waals surface area contributed by atoms with Crippen LogP contribution in [0.5, 0.6) is 0 Å². The lowest BCUT2D eigenvalue weighted by atomic mass is 9.54. The van der Waals surface area contributed by atoms with Crippen LogP contribution in [0.3, 0.4) is 0 Å². The van der Waals surface area contributed by atoms with E-state index in [4.69, 9.17) is 5.73 Å². The van der Waals surface area contributed by atoms with Gasteiger partial charge in [0.05, 0.1) is 11.5 Å². The lowest BCUT2D eigenvalue weighted by Crippen LogP contribution is -2.56. The topological polar surface area (TPSA) is 60.2 Å². The lowest BCUT2D eigenvalue weighted by molar-refractivity contribution is -0.0881. The van der Waals surface area contributed by atoms with Gasteiger partial charge in [0.1, 0.15) is 15.5 Å². The van der Waals surface area contributed by atoms with Gasteiger partial charge < -0.3 is 5.73 Å². The van der Waals surface area contributed by atoms with Crippen LogP contribution in [-0.4, -0.2) is 32.1 Å². The summed E-state index contributed by atoms with van der Waals surface area (Å²) in [6.07, 6.45) is 2.33. The molecular weight excluding hydrogens is 229 g/mol. The Labute approximate surface area is 96.5 Å². The first-order valence-electron chi connectivity index (χ1n) is 5.88. The molecule has 0 aromatic rings. The van der Waals surface area contributed by atoms with Crippen LogP contribution in [0, 0.1) is 11.3 Å². The van der Waals surface area contributed by atoms with Gasteiger partial charge in [-0.2, -0.15) is 0 Å². The van der Waals surface area contributed by atoms with Crippen LogP contribution in [-0.2, 0) is 9.84 Å². The molecule has 2 N–H and O–H groups in total. The summed E-state index contributed by atoms with van der Waals surface area (Å²) in [5, 5.41) is 0. The Hall–Kier alpha value is -0.160. The van der Waals surface area contributed by atoms with E-state index in [-0.39, 0.29) is 16.9 Å². The molecule has 0 radical (unpaired) electrons. The van der Waals surface area contributed by atoms with Crippen molar-refractivity contribution in [2.75, 3.05) is 18.1 Å². The van der Waals surface area contributed by atoms with Gasteiger partial charge in [-0.1, -0.05) is 0 Å². The maximum Gasteiger partial charge on any atom is 0.150 e. The van der Waals surface area contributed by atoms with Crippen molar-refractivity contribution in [1.82, 2.24) is 0 Å². The maximum atomic E-state index is 13.6. The molecule has 0 amide bonds. The number of nitrogens with two attached hydrogens (primary N) is 1. The van der Waals surface area contributed by atoms with Crippen molar-refractivity contribution in [1.29, 1.82) is 0 Å². The number of sulfone groups is 1. The van der Waals surface area contributed by atoms with Gasteiger partial charge >= 0.3 is 0 Å². The SMILES string of the molecule is CC1(F)CC(CN)(C2CCS(=O)(=O)CC2)C1. The highest BCUT2D eigenvalue weighted by atomic mass is 32.2. The third-order valence-corrected chi connectivity index (χ3v) is 5.98. The molecule has 0 aromatic carbocycles. The van der Waals surface area contributed by atoms with Crippen molar-refractivity contribution in [2.24, 2.45) is 17.1 Å². The largest absolute Gasteiger partial charge is 0.330 e. The average Bonchev–Trinajstić information content (AvgIpc) is 2.13. The van der Waals surface area contributed by atoms with Crippen molar-refractivity contribution >= 4 is 9.84 Å². The minimum absolute atomic E-state index is 0.126. The predicted molar refractivity (Wildman–Crippen MR) is 61.6 cm³/mol. The first-order valence-corrected chi connectivity index (χ1v) is 7.70. The number of alkyl halides is 1. The molecule has 1 saturated carbocycles. The predicted octanol–water partition coefficient (Wildman–Crippen LogP) is 1.28. The highest BCUT2D eigenvalue weighted by molar-refractivity contribution is 7.91. The first kappa shape index (κ1) is 12.3. The molecule has 3 nitrogen and oxygen atoms in total. The zero-order valence-corrected chi connectivity index (χ0v) is 10.5. The first-order chi connectivity index (χ1) is 7.29. The Morgan fingerprint density at radius 3 is 2.19 bits per heavy atom. The molecule has 1 aliphatic carbocycles. The monoisotopic (exact) mass is 249 g/mol. The molecule has 16 heavy (non-hydrogen) atoms. The van der Waals surface area contributed by atoms with E-state index < -0.39 is 15.5 Å². The number of hydrogen-bond acceptors (Lipinski definition) is 3. The number of rotatable bonds is 2. The normalized spacial score (nSPS) is 43.9. The van der Waals surface area contributed by atoms with E-state index in [9.17, 15) is 12.8 Å². The standard InChI is InChI=1S/C11H20FNO2S/c1-10(12)6-11(7-10,8-13)9-2-4-16(14,15)5-3-9/h9H,2-8,13H2,1H3. The van der Waals surface area contributed by atoms with E-state index in [2.05, 4.69) is 0 Å².